The molecule has 7 heteroatoms. The molecule has 132 valence electrons. The van der Waals surface area contributed by atoms with Gasteiger partial charge in [-0.2, -0.15) is 5.10 Å². The van der Waals surface area contributed by atoms with Crippen LogP contribution in [-0.2, 0) is 16.1 Å². The molecule has 1 amide bonds. The topological polar surface area (TPSA) is 90.3 Å². The average Bonchev–Trinajstić information content (AvgIpc) is 3.13. The zero-order valence-corrected chi connectivity index (χ0v) is 14.2. The Hall–Kier alpha value is -2.70. The van der Waals surface area contributed by atoms with Gasteiger partial charge >= 0.3 is 5.97 Å². The van der Waals surface area contributed by atoms with Crippen molar-refractivity contribution in [2.45, 2.75) is 45.2 Å². The molecule has 1 aromatic heterocycles. The van der Waals surface area contributed by atoms with Crippen molar-refractivity contribution in [3.63, 3.8) is 0 Å². The summed E-state index contributed by atoms with van der Waals surface area (Å²) in [5.74, 6) is -1.02. The number of carbonyl (C=O) groups excluding carboxylic acids is 2. The maximum Gasteiger partial charge on any atom is 0.359 e. The number of hydrogen-bond acceptors (Lipinski definition) is 5. The van der Waals surface area contributed by atoms with Gasteiger partial charge in [-0.15, -0.1) is 0 Å². The van der Waals surface area contributed by atoms with Crippen LogP contribution in [0.25, 0.3) is 10.8 Å². The first-order chi connectivity index (χ1) is 12.1. The fraction of sp³-hybridized carbons (Fsp3) is 0.444. The molecule has 2 aromatic rings. The second kappa shape index (κ2) is 7.46. The predicted molar refractivity (Wildman–Crippen MR) is 92.4 cm³/mol. The van der Waals surface area contributed by atoms with Gasteiger partial charge < -0.3 is 10.1 Å². The van der Waals surface area contributed by atoms with Crippen LogP contribution in [0.1, 0.15) is 43.1 Å². The van der Waals surface area contributed by atoms with E-state index in [0.29, 0.717) is 17.3 Å². The van der Waals surface area contributed by atoms with Crippen LogP contribution in [0.2, 0.25) is 0 Å². The highest BCUT2D eigenvalue weighted by atomic mass is 16.5. The molecule has 0 spiro atoms. The molecule has 25 heavy (non-hydrogen) atoms. The standard InChI is InChI=1S/C18H21N3O4/c1-2-21-17(23)14-10-6-5-9-13(14)16(20-21)18(24)25-11-15(22)19-12-7-3-4-8-12/h5-6,9-10,12H,2-4,7-8,11H2,1H3,(H,19,22). The van der Waals surface area contributed by atoms with Gasteiger partial charge in [0.05, 0.1) is 5.39 Å². The summed E-state index contributed by atoms with van der Waals surface area (Å²) in [7, 11) is 0. The Morgan fingerprint density at radius 2 is 1.92 bits per heavy atom. The minimum absolute atomic E-state index is 0.0470. The summed E-state index contributed by atoms with van der Waals surface area (Å²) >= 11 is 0. The average molecular weight is 343 g/mol. The van der Waals surface area contributed by atoms with E-state index in [1.165, 1.54) is 4.68 Å². The van der Waals surface area contributed by atoms with Crippen molar-refractivity contribution >= 4 is 22.6 Å². The van der Waals surface area contributed by atoms with Crippen molar-refractivity contribution in [1.29, 1.82) is 0 Å². The Balaban J connectivity index is 1.76. The molecular formula is C18H21N3O4. The molecule has 1 heterocycles. The maximum absolute atomic E-state index is 12.4. The van der Waals surface area contributed by atoms with Gasteiger partial charge in [0.1, 0.15) is 0 Å². The van der Waals surface area contributed by atoms with Crippen LogP contribution in [-0.4, -0.2) is 34.3 Å². The van der Waals surface area contributed by atoms with Crippen molar-refractivity contribution < 1.29 is 14.3 Å². The molecule has 1 aliphatic rings. The molecular weight excluding hydrogens is 322 g/mol. The Labute approximate surface area is 145 Å². The molecule has 0 atom stereocenters. The third-order valence-corrected chi connectivity index (χ3v) is 4.42. The SMILES string of the molecule is CCn1nc(C(=O)OCC(=O)NC2CCCC2)c2ccccc2c1=O. The van der Waals surface area contributed by atoms with Crippen LogP contribution in [0.5, 0.6) is 0 Å². The summed E-state index contributed by atoms with van der Waals surface area (Å²) in [5, 5.41) is 7.79. The first kappa shape index (κ1) is 17.1. The van der Waals surface area contributed by atoms with Gasteiger partial charge in [-0.3, -0.25) is 9.59 Å². The third kappa shape index (κ3) is 3.70. The summed E-state index contributed by atoms with van der Waals surface area (Å²) in [6, 6.07) is 6.93. The third-order valence-electron chi connectivity index (χ3n) is 4.42. The maximum atomic E-state index is 12.4. The van der Waals surface area contributed by atoms with E-state index < -0.39 is 5.97 Å². The van der Waals surface area contributed by atoms with Gasteiger partial charge in [0, 0.05) is 18.0 Å². The smallest absolute Gasteiger partial charge is 0.359 e. The summed E-state index contributed by atoms with van der Waals surface area (Å²) in [6.07, 6.45) is 4.15. The first-order valence-corrected chi connectivity index (χ1v) is 8.56. The normalized spacial score (nSPS) is 14.6. The highest BCUT2D eigenvalue weighted by molar-refractivity contribution is 6.02. The molecule has 0 aliphatic heterocycles. The van der Waals surface area contributed by atoms with Gasteiger partial charge in [-0.05, 0) is 25.8 Å². The molecule has 7 nitrogen and oxygen atoms in total. The zero-order valence-electron chi connectivity index (χ0n) is 14.2. The van der Waals surface area contributed by atoms with Crippen LogP contribution >= 0.6 is 0 Å². The van der Waals surface area contributed by atoms with E-state index in [2.05, 4.69) is 10.4 Å². The quantitative estimate of drug-likeness (QED) is 0.834. The summed E-state index contributed by atoms with van der Waals surface area (Å²) in [4.78, 5) is 36.6. The zero-order chi connectivity index (χ0) is 17.8. The fourth-order valence-electron chi connectivity index (χ4n) is 3.14. The van der Waals surface area contributed by atoms with Gasteiger partial charge in [0.15, 0.2) is 12.3 Å². The van der Waals surface area contributed by atoms with Crippen molar-refractivity contribution in [3.05, 3.63) is 40.3 Å². The molecule has 1 aromatic carbocycles. The van der Waals surface area contributed by atoms with E-state index in [4.69, 9.17) is 4.74 Å². The van der Waals surface area contributed by atoms with Crippen LogP contribution in [0, 0.1) is 0 Å². The number of aromatic nitrogens is 2. The number of aryl methyl sites for hydroxylation is 1. The van der Waals surface area contributed by atoms with E-state index in [9.17, 15) is 14.4 Å². The molecule has 3 rings (SSSR count). The number of ether oxygens (including phenoxy) is 1. The number of rotatable bonds is 5. The number of esters is 1. The van der Waals surface area contributed by atoms with Crippen LogP contribution in [0.3, 0.4) is 0 Å². The van der Waals surface area contributed by atoms with E-state index in [1.807, 2.05) is 0 Å². The van der Waals surface area contributed by atoms with Gasteiger partial charge in [0.25, 0.3) is 11.5 Å². The molecule has 1 aliphatic carbocycles. The van der Waals surface area contributed by atoms with Crippen molar-refractivity contribution in [1.82, 2.24) is 15.1 Å². The highest BCUT2D eigenvalue weighted by Crippen LogP contribution is 2.17. The van der Waals surface area contributed by atoms with Gasteiger partial charge in [-0.25, -0.2) is 9.48 Å². The van der Waals surface area contributed by atoms with E-state index in [-0.39, 0.29) is 29.8 Å². The summed E-state index contributed by atoms with van der Waals surface area (Å²) < 4.78 is 6.34. The number of benzene rings is 1. The molecule has 1 N–H and O–H groups in total. The van der Waals surface area contributed by atoms with Gasteiger partial charge in [0.2, 0.25) is 0 Å². The number of amides is 1. The lowest BCUT2D eigenvalue weighted by Gasteiger charge is -2.12. The Bertz CT molecular complexity index is 853. The number of fused-ring (bicyclic) bond motifs is 1. The minimum Gasteiger partial charge on any atom is -0.451 e. The number of nitrogens with one attached hydrogen (secondary N) is 1. The van der Waals surface area contributed by atoms with Crippen molar-refractivity contribution in [2.75, 3.05) is 6.61 Å². The molecule has 1 saturated carbocycles. The van der Waals surface area contributed by atoms with Crippen LogP contribution in [0.15, 0.2) is 29.1 Å². The highest BCUT2D eigenvalue weighted by Gasteiger charge is 2.20. The molecule has 0 unspecified atom stereocenters. The molecule has 0 bridgehead atoms. The van der Waals surface area contributed by atoms with E-state index >= 15 is 0 Å². The summed E-state index contributed by atoms with van der Waals surface area (Å²) in [6.45, 7) is 1.76. The van der Waals surface area contributed by atoms with Gasteiger partial charge in [-0.1, -0.05) is 31.0 Å². The second-order valence-corrected chi connectivity index (χ2v) is 6.14. The number of nitrogens with zero attached hydrogens (tertiary/aromatic N) is 2. The second-order valence-electron chi connectivity index (χ2n) is 6.14. The minimum atomic E-state index is -0.708. The Morgan fingerprint density at radius 1 is 1.24 bits per heavy atom. The fourth-order valence-corrected chi connectivity index (χ4v) is 3.14. The van der Waals surface area contributed by atoms with Crippen LogP contribution < -0.4 is 10.9 Å². The Kier molecular flexibility index (Phi) is 5.11. The summed E-state index contributed by atoms with van der Waals surface area (Å²) in [5.41, 5.74) is -0.209. The van der Waals surface area contributed by atoms with Crippen LogP contribution in [0.4, 0.5) is 0 Å². The lowest BCUT2D eigenvalue weighted by atomic mass is 10.1. The van der Waals surface area contributed by atoms with E-state index in [1.54, 1.807) is 31.2 Å². The molecule has 0 radical (unpaired) electrons. The number of hydrogen-bond donors (Lipinski definition) is 1. The lowest BCUT2D eigenvalue weighted by molar-refractivity contribution is -0.124. The largest absolute Gasteiger partial charge is 0.451 e. The monoisotopic (exact) mass is 343 g/mol. The van der Waals surface area contributed by atoms with Crippen molar-refractivity contribution in [2.24, 2.45) is 0 Å². The predicted octanol–water partition coefficient (Wildman–Crippen LogP) is 1.63. The Morgan fingerprint density at radius 3 is 2.60 bits per heavy atom. The molecule has 0 saturated heterocycles. The number of carbonyl (C=O) groups is 2. The lowest BCUT2D eigenvalue weighted by Crippen LogP contribution is -2.36. The first-order valence-electron chi connectivity index (χ1n) is 8.56. The van der Waals surface area contributed by atoms with Crippen molar-refractivity contribution in [3.8, 4) is 0 Å². The molecule has 1 fully saturated rings. The van der Waals surface area contributed by atoms with E-state index in [0.717, 1.165) is 25.7 Å².